The lowest BCUT2D eigenvalue weighted by atomic mass is 9.87. The summed E-state index contributed by atoms with van der Waals surface area (Å²) in [7, 11) is 0. The summed E-state index contributed by atoms with van der Waals surface area (Å²) < 4.78 is 0. The van der Waals surface area contributed by atoms with Crippen molar-refractivity contribution in [2.24, 2.45) is 5.41 Å². The highest BCUT2D eigenvalue weighted by Gasteiger charge is 2.32. The third-order valence-electron chi connectivity index (χ3n) is 4.18. The van der Waals surface area contributed by atoms with Crippen molar-refractivity contribution in [2.75, 3.05) is 13.2 Å². The van der Waals surface area contributed by atoms with Crippen LogP contribution >= 0.6 is 0 Å². The van der Waals surface area contributed by atoms with E-state index >= 15 is 0 Å². The molecule has 0 bridgehead atoms. The van der Waals surface area contributed by atoms with E-state index in [0.717, 1.165) is 25.7 Å². The molecule has 0 radical (unpaired) electrons. The van der Waals surface area contributed by atoms with E-state index in [2.05, 4.69) is 29.6 Å². The van der Waals surface area contributed by atoms with Crippen LogP contribution in [0.1, 0.15) is 51.5 Å². The van der Waals surface area contributed by atoms with Gasteiger partial charge in [-0.1, -0.05) is 63.4 Å². The molecule has 130 valence electrons. The number of carbonyl (C=O) groups is 1. The first-order valence-corrected chi connectivity index (χ1v) is 8.58. The molecule has 0 aliphatic rings. The van der Waals surface area contributed by atoms with Crippen LogP contribution in [0.5, 0.6) is 0 Å². The average Bonchev–Trinajstić information content (AvgIpc) is 2.57. The second-order valence-electron chi connectivity index (χ2n) is 6.84. The zero-order valence-corrected chi connectivity index (χ0v) is 14.4. The first kappa shape index (κ1) is 19.7. The van der Waals surface area contributed by atoms with Gasteiger partial charge in [-0.05, 0) is 24.8 Å². The van der Waals surface area contributed by atoms with Crippen LogP contribution in [0.4, 0.5) is 0 Å². The van der Waals surface area contributed by atoms with Gasteiger partial charge >= 0.3 is 0 Å². The molecule has 0 saturated carbocycles. The topological polar surface area (TPSA) is 69.6 Å². The van der Waals surface area contributed by atoms with Gasteiger partial charge in [-0.2, -0.15) is 0 Å². The fraction of sp³-hybridized carbons (Fsp3) is 0.632. The Morgan fingerprint density at radius 1 is 1.09 bits per heavy atom. The van der Waals surface area contributed by atoms with E-state index < -0.39 is 17.4 Å². The van der Waals surface area contributed by atoms with Gasteiger partial charge in [0.2, 0.25) is 5.91 Å². The highest BCUT2D eigenvalue weighted by atomic mass is 16.3. The highest BCUT2D eigenvalue weighted by Crippen LogP contribution is 2.19. The lowest BCUT2D eigenvalue weighted by molar-refractivity contribution is -0.137. The van der Waals surface area contributed by atoms with Crippen LogP contribution in [0.3, 0.4) is 0 Å². The van der Waals surface area contributed by atoms with E-state index in [9.17, 15) is 9.90 Å². The Kier molecular flexibility index (Phi) is 8.89. The van der Waals surface area contributed by atoms with Gasteiger partial charge in [0, 0.05) is 12.0 Å². The SMILES string of the molecule is CC(C)(CO)[C@H](O)C(=O)NCCCCCCCc1ccccc1. The number of hydrogen-bond donors (Lipinski definition) is 3. The molecule has 0 fully saturated rings. The third-order valence-corrected chi connectivity index (χ3v) is 4.18. The van der Waals surface area contributed by atoms with Crippen molar-refractivity contribution in [3.05, 3.63) is 35.9 Å². The molecule has 0 aliphatic heterocycles. The maximum atomic E-state index is 11.8. The highest BCUT2D eigenvalue weighted by molar-refractivity contribution is 5.81. The first-order valence-electron chi connectivity index (χ1n) is 8.58. The molecule has 4 heteroatoms. The number of nitrogens with one attached hydrogen (secondary N) is 1. The number of aryl methyl sites for hydroxylation is 1. The van der Waals surface area contributed by atoms with E-state index in [0.29, 0.717) is 6.54 Å². The van der Waals surface area contributed by atoms with Crippen molar-refractivity contribution in [3.8, 4) is 0 Å². The van der Waals surface area contributed by atoms with Gasteiger partial charge in [-0.25, -0.2) is 0 Å². The average molecular weight is 321 g/mol. The lowest BCUT2D eigenvalue weighted by Gasteiger charge is -2.27. The Labute approximate surface area is 139 Å². The molecule has 23 heavy (non-hydrogen) atoms. The number of rotatable bonds is 11. The van der Waals surface area contributed by atoms with Crippen molar-refractivity contribution in [1.82, 2.24) is 5.32 Å². The summed E-state index contributed by atoms with van der Waals surface area (Å²) >= 11 is 0. The number of benzene rings is 1. The van der Waals surface area contributed by atoms with E-state index in [1.165, 1.54) is 18.4 Å². The number of unbranched alkanes of at least 4 members (excludes halogenated alkanes) is 4. The van der Waals surface area contributed by atoms with E-state index in [1.807, 2.05) is 6.07 Å². The molecular weight excluding hydrogens is 290 g/mol. The minimum atomic E-state index is -1.17. The van der Waals surface area contributed by atoms with E-state index in [-0.39, 0.29) is 6.61 Å². The number of hydrogen-bond acceptors (Lipinski definition) is 3. The van der Waals surface area contributed by atoms with Crippen LogP contribution in [-0.4, -0.2) is 35.4 Å². The fourth-order valence-corrected chi connectivity index (χ4v) is 2.38. The number of carbonyl (C=O) groups excluding carboxylic acids is 1. The van der Waals surface area contributed by atoms with Crippen LogP contribution < -0.4 is 5.32 Å². The lowest BCUT2D eigenvalue weighted by Crippen LogP contribution is -2.45. The molecule has 0 unspecified atom stereocenters. The summed E-state index contributed by atoms with van der Waals surface area (Å²) in [4.78, 5) is 11.8. The minimum absolute atomic E-state index is 0.219. The van der Waals surface area contributed by atoms with Crippen molar-refractivity contribution in [1.29, 1.82) is 0 Å². The molecule has 1 aromatic rings. The van der Waals surface area contributed by atoms with Crippen molar-refractivity contribution < 1.29 is 15.0 Å². The molecule has 1 rings (SSSR count). The maximum Gasteiger partial charge on any atom is 0.249 e. The second-order valence-corrected chi connectivity index (χ2v) is 6.84. The van der Waals surface area contributed by atoms with Gasteiger partial charge in [0.05, 0.1) is 6.61 Å². The summed E-state index contributed by atoms with van der Waals surface area (Å²) in [5.74, 6) is -0.395. The van der Waals surface area contributed by atoms with Crippen LogP contribution in [0, 0.1) is 5.41 Å². The van der Waals surface area contributed by atoms with Gasteiger partial charge in [0.25, 0.3) is 0 Å². The van der Waals surface area contributed by atoms with Crippen molar-refractivity contribution in [2.45, 2.75) is 58.5 Å². The first-order chi connectivity index (χ1) is 11.0. The fourth-order valence-electron chi connectivity index (χ4n) is 2.38. The Bertz CT molecular complexity index is 445. The predicted octanol–water partition coefficient (Wildman–Crippen LogP) is 2.68. The smallest absolute Gasteiger partial charge is 0.249 e. The van der Waals surface area contributed by atoms with Crippen LogP contribution in [0.2, 0.25) is 0 Å². The maximum absolute atomic E-state index is 11.8. The van der Waals surface area contributed by atoms with E-state index in [1.54, 1.807) is 13.8 Å². The van der Waals surface area contributed by atoms with Gasteiger partial charge in [0.15, 0.2) is 0 Å². The van der Waals surface area contributed by atoms with Gasteiger partial charge in [0.1, 0.15) is 6.10 Å². The summed E-state index contributed by atoms with van der Waals surface area (Å²) in [5.41, 5.74) is 0.585. The zero-order valence-electron chi connectivity index (χ0n) is 14.4. The van der Waals surface area contributed by atoms with Crippen LogP contribution in [0.15, 0.2) is 30.3 Å². The molecule has 0 aromatic heterocycles. The van der Waals surface area contributed by atoms with Crippen molar-refractivity contribution in [3.63, 3.8) is 0 Å². The number of amides is 1. The van der Waals surface area contributed by atoms with Crippen molar-refractivity contribution >= 4 is 5.91 Å². The Balaban J connectivity index is 2.02. The normalized spacial score (nSPS) is 12.9. The molecule has 0 aliphatic carbocycles. The third kappa shape index (κ3) is 7.62. The standard InChI is InChI=1S/C19H31NO3/c1-19(2,15-21)17(22)18(23)20-14-10-5-3-4-7-11-16-12-8-6-9-13-16/h6,8-9,12-13,17,21-22H,3-5,7,10-11,14-15H2,1-2H3,(H,20,23)/t17-/m1/s1. The predicted molar refractivity (Wildman–Crippen MR) is 93.1 cm³/mol. The molecule has 0 saturated heterocycles. The molecule has 1 atom stereocenters. The van der Waals surface area contributed by atoms with Gasteiger partial charge in [-0.3, -0.25) is 4.79 Å². The minimum Gasteiger partial charge on any atom is -0.396 e. The van der Waals surface area contributed by atoms with Gasteiger partial charge in [-0.15, -0.1) is 0 Å². The molecule has 0 heterocycles. The number of aliphatic hydroxyl groups is 2. The quantitative estimate of drug-likeness (QED) is 0.549. The molecule has 1 amide bonds. The summed E-state index contributed by atoms with van der Waals surface area (Å²) in [6.45, 7) is 3.70. The molecular formula is C19H31NO3. The molecule has 3 N–H and O–H groups in total. The summed E-state index contributed by atoms with van der Waals surface area (Å²) in [6.07, 6.45) is 5.51. The molecule has 4 nitrogen and oxygen atoms in total. The monoisotopic (exact) mass is 321 g/mol. The second kappa shape index (κ2) is 10.4. The summed E-state index contributed by atoms with van der Waals surface area (Å²) in [5, 5.41) is 21.7. The molecule has 1 aromatic carbocycles. The molecule has 0 spiro atoms. The van der Waals surface area contributed by atoms with Crippen LogP contribution in [-0.2, 0) is 11.2 Å². The summed E-state index contributed by atoms with van der Waals surface area (Å²) in [6, 6.07) is 10.5. The Hall–Kier alpha value is -1.39. The zero-order chi connectivity index (χ0) is 17.1. The van der Waals surface area contributed by atoms with E-state index in [4.69, 9.17) is 5.11 Å². The largest absolute Gasteiger partial charge is 0.396 e. The number of aliphatic hydroxyl groups excluding tert-OH is 2. The Morgan fingerprint density at radius 3 is 2.35 bits per heavy atom. The Morgan fingerprint density at radius 2 is 1.70 bits per heavy atom. The van der Waals surface area contributed by atoms with Gasteiger partial charge < -0.3 is 15.5 Å². The van der Waals surface area contributed by atoms with Crippen LogP contribution in [0.25, 0.3) is 0 Å².